The fraction of sp³-hybridized carbons (Fsp3) is 0.0909. The van der Waals surface area contributed by atoms with Crippen molar-refractivity contribution in [2.75, 3.05) is 0 Å². The third-order valence-corrected chi connectivity index (χ3v) is 2.41. The SMILES string of the molecule is CC(=Cc1c[nH]c2cc(F)c(F)cc12)[N+](=O)[O-]. The molecule has 0 saturated heterocycles. The zero-order chi connectivity index (χ0) is 12.6. The molecule has 17 heavy (non-hydrogen) atoms. The fourth-order valence-corrected chi connectivity index (χ4v) is 1.54. The molecule has 1 aromatic heterocycles. The second-order valence-electron chi connectivity index (χ2n) is 3.60. The van der Waals surface area contributed by atoms with Gasteiger partial charge in [0.05, 0.1) is 4.92 Å². The van der Waals surface area contributed by atoms with Crippen molar-refractivity contribution in [3.63, 3.8) is 0 Å². The van der Waals surface area contributed by atoms with E-state index < -0.39 is 16.6 Å². The number of nitro groups is 1. The van der Waals surface area contributed by atoms with Gasteiger partial charge in [-0.1, -0.05) is 0 Å². The smallest absolute Gasteiger partial charge is 0.243 e. The molecule has 88 valence electrons. The van der Waals surface area contributed by atoms with Crippen LogP contribution in [-0.2, 0) is 0 Å². The van der Waals surface area contributed by atoms with Crippen molar-refractivity contribution in [1.29, 1.82) is 0 Å². The lowest BCUT2D eigenvalue weighted by atomic mass is 10.1. The van der Waals surface area contributed by atoms with Gasteiger partial charge in [0.2, 0.25) is 5.70 Å². The summed E-state index contributed by atoms with van der Waals surface area (Å²) in [7, 11) is 0. The van der Waals surface area contributed by atoms with Gasteiger partial charge in [0.25, 0.3) is 0 Å². The largest absolute Gasteiger partial charge is 0.360 e. The Labute approximate surface area is 94.7 Å². The minimum Gasteiger partial charge on any atom is -0.360 e. The molecule has 0 spiro atoms. The average Bonchev–Trinajstić information content (AvgIpc) is 2.62. The van der Waals surface area contributed by atoms with Crippen LogP contribution in [0.3, 0.4) is 0 Å². The zero-order valence-corrected chi connectivity index (χ0v) is 8.83. The highest BCUT2D eigenvalue weighted by molar-refractivity contribution is 5.89. The monoisotopic (exact) mass is 238 g/mol. The highest BCUT2D eigenvalue weighted by Gasteiger charge is 2.10. The van der Waals surface area contributed by atoms with Crippen LogP contribution >= 0.6 is 0 Å². The summed E-state index contributed by atoms with van der Waals surface area (Å²) in [4.78, 5) is 12.7. The van der Waals surface area contributed by atoms with Gasteiger partial charge in [-0.3, -0.25) is 10.1 Å². The number of aromatic amines is 1. The summed E-state index contributed by atoms with van der Waals surface area (Å²) in [5.41, 5.74) is 0.773. The number of benzene rings is 1. The van der Waals surface area contributed by atoms with Crippen LogP contribution in [0.5, 0.6) is 0 Å². The van der Waals surface area contributed by atoms with E-state index in [0.29, 0.717) is 16.5 Å². The van der Waals surface area contributed by atoms with Crippen molar-refractivity contribution in [2.45, 2.75) is 6.92 Å². The van der Waals surface area contributed by atoms with Gasteiger partial charge < -0.3 is 4.98 Å². The molecule has 0 unspecified atom stereocenters. The first-order valence-corrected chi connectivity index (χ1v) is 4.78. The number of hydrogen-bond donors (Lipinski definition) is 1. The molecule has 0 aliphatic carbocycles. The van der Waals surface area contributed by atoms with Gasteiger partial charge in [0.15, 0.2) is 11.6 Å². The van der Waals surface area contributed by atoms with Gasteiger partial charge in [-0.15, -0.1) is 0 Å². The van der Waals surface area contributed by atoms with Gasteiger partial charge >= 0.3 is 0 Å². The summed E-state index contributed by atoms with van der Waals surface area (Å²) in [5.74, 6) is -1.94. The van der Waals surface area contributed by atoms with E-state index in [1.54, 1.807) is 0 Å². The van der Waals surface area contributed by atoms with Crippen LogP contribution in [0, 0.1) is 21.7 Å². The quantitative estimate of drug-likeness (QED) is 0.645. The number of aromatic nitrogens is 1. The Kier molecular flexibility index (Phi) is 2.63. The van der Waals surface area contributed by atoms with Crippen LogP contribution in [0.4, 0.5) is 8.78 Å². The molecule has 1 aromatic carbocycles. The minimum absolute atomic E-state index is 0.0735. The molecule has 1 heterocycles. The lowest BCUT2D eigenvalue weighted by molar-refractivity contribution is -0.422. The van der Waals surface area contributed by atoms with E-state index in [0.717, 1.165) is 12.1 Å². The molecule has 2 aromatic rings. The molecule has 0 aliphatic rings. The summed E-state index contributed by atoms with van der Waals surface area (Å²) < 4.78 is 26.0. The molecule has 0 radical (unpaired) electrons. The number of fused-ring (bicyclic) bond motifs is 1. The van der Waals surface area contributed by atoms with Crippen molar-refractivity contribution in [3.05, 3.63) is 51.3 Å². The molecule has 0 aliphatic heterocycles. The van der Waals surface area contributed by atoms with Crippen molar-refractivity contribution in [3.8, 4) is 0 Å². The van der Waals surface area contributed by atoms with Crippen molar-refractivity contribution < 1.29 is 13.7 Å². The summed E-state index contributed by atoms with van der Waals surface area (Å²) in [6.45, 7) is 1.33. The summed E-state index contributed by atoms with van der Waals surface area (Å²) in [5, 5.41) is 10.9. The molecule has 4 nitrogen and oxygen atoms in total. The number of nitrogens with one attached hydrogen (secondary N) is 1. The Morgan fingerprint density at radius 1 is 1.41 bits per heavy atom. The maximum atomic E-state index is 13.1. The van der Waals surface area contributed by atoms with Crippen LogP contribution in [-0.4, -0.2) is 9.91 Å². The maximum Gasteiger partial charge on any atom is 0.243 e. The first-order chi connectivity index (χ1) is 7.99. The third-order valence-electron chi connectivity index (χ3n) is 2.41. The summed E-state index contributed by atoms with van der Waals surface area (Å²) in [6, 6.07) is 2.03. The Bertz CT molecular complexity index is 632. The van der Waals surface area contributed by atoms with E-state index in [1.165, 1.54) is 19.2 Å². The van der Waals surface area contributed by atoms with Crippen molar-refractivity contribution in [2.24, 2.45) is 0 Å². The molecule has 6 heteroatoms. The lowest BCUT2D eigenvalue weighted by Crippen LogP contribution is -1.92. The molecule has 0 amide bonds. The van der Waals surface area contributed by atoms with Crippen molar-refractivity contribution >= 4 is 17.0 Å². The fourth-order valence-electron chi connectivity index (χ4n) is 1.54. The molecular formula is C11H8F2N2O2. The number of rotatable bonds is 2. The Balaban J connectivity index is 2.61. The van der Waals surface area contributed by atoms with Gasteiger partial charge in [-0.25, -0.2) is 8.78 Å². The molecule has 0 saturated carbocycles. The van der Waals surface area contributed by atoms with E-state index in [9.17, 15) is 18.9 Å². The van der Waals surface area contributed by atoms with Gasteiger partial charge in [-0.2, -0.15) is 0 Å². The highest BCUT2D eigenvalue weighted by atomic mass is 19.2. The summed E-state index contributed by atoms with van der Waals surface area (Å²) >= 11 is 0. The summed E-state index contributed by atoms with van der Waals surface area (Å²) in [6.07, 6.45) is 2.77. The normalized spacial score (nSPS) is 12.1. The molecule has 2 rings (SSSR count). The Morgan fingerprint density at radius 2 is 2.06 bits per heavy atom. The molecule has 0 bridgehead atoms. The topological polar surface area (TPSA) is 58.9 Å². The van der Waals surface area contributed by atoms with Gasteiger partial charge in [-0.05, 0) is 6.07 Å². The van der Waals surface area contributed by atoms with Crippen molar-refractivity contribution in [1.82, 2.24) is 4.98 Å². The first-order valence-electron chi connectivity index (χ1n) is 4.78. The average molecular weight is 238 g/mol. The number of H-pyrrole nitrogens is 1. The standard InChI is InChI=1S/C11H8F2N2O2/c1-6(15(16)17)2-7-5-14-11-4-10(13)9(12)3-8(7)11/h2-5,14H,1H3. The molecular weight excluding hydrogens is 230 g/mol. The second-order valence-corrected chi connectivity index (χ2v) is 3.60. The van der Waals surface area contributed by atoms with E-state index in [-0.39, 0.29) is 5.70 Å². The van der Waals surface area contributed by atoms with Crippen LogP contribution in [0.25, 0.3) is 17.0 Å². The van der Waals surface area contributed by atoms with Crippen LogP contribution in [0.1, 0.15) is 12.5 Å². The number of allylic oxidation sites excluding steroid dienone is 1. The van der Waals surface area contributed by atoms with E-state index >= 15 is 0 Å². The zero-order valence-electron chi connectivity index (χ0n) is 8.83. The third kappa shape index (κ3) is 2.01. The molecule has 0 atom stereocenters. The Morgan fingerprint density at radius 3 is 2.71 bits per heavy atom. The van der Waals surface area contributed by atoms with Crippen LogP contribution in [0.2, 0.25) is 0 Å². The minimum atomic E-state index is -0.981. The molecule has 0 fully saturated rings. The number of hydrogen-bond acceptors (Lipinski definition) is 2. The lowest BCUT2D eigenvalue weighted by Gasteiger charge is -1.95. The predicted octanol–water partition coefficient (Wildman–Crippen LogP) is 3.08. The second kappa shape index (κ2) is 3.97. The van der Waals surface area contributed by atoms with Crippen LogP contribution in [0.15, 0.2) is 24.0 Å². The number of nitrogens with zero attached hydrogens (tertiary/aromatic N) is 1. The maximum absolute atomic E-state index is 13.1. The van der Waals surface area contributed by atoms with E-state index in [1.807, 2.05) is 0 Å². The van der Waals surface area contributed by atoms with Crippen LogP contribution < -0.4 is 0 Å². The van der Waals surface area contributed by atoms with Gasteiger partial charge in [0.1, 0.15) is 0 Å². The predicted molar refractivity (Wildman–Crippen MR) is 58.9 cm³/mol. The number of halogens is 2. The Hall–Kier alpha value is -2.24. The first kappa shape index (κ1) is 11.3. The molecule has 1 N–H and O–H groups in total. The van der Waals surface area contributed by atoms with E-state index in [2.05, 4.69) is 4.98 Å². The van der Waals surface area contributed by atoms with E-state index in [4.69, 9.17) is 0 Å². The van der Waals surface area contributed by atoms with Gasteiger partial charge in [0, 0.05) is 41.7 Å². The highest BCUT2D eigenvalue weighted by Crippen LogP contribution is 2.23.